The third kappa shape index (κ3) is 4.55. The van der Waals surface area contributed by atoms with E-state index < -0.39 is 0 Å². The molecule has 2 rings (SSSR count). The van der Waals surface area contributed by atoms with Gasteiger partial charge in [0.05, 0.1) is 12.1 Å². The van der Waals surface area contributed by atoms with E-state index in [1.54, 1.807) is 18.5 Å². The van der Waals surface area contributed by atoms with Gasteiger partial charge in [0.25, 0.3) is 5.91 Å². The van der Waals surface area contributed by atoms with Crippen molar-refractivity contribution in [1.82, 2.24) is 10.3 Å². The van der Waals surface area contributed by atoms with Crippen LogP contribution >= 0.6 is 11.8 Å². The molecule has 1 fully saturated rings. The molecule has 1 aliphatic rings. The van der Waals surface area contributed by atoms with E-state index >= 15 is 0 Å². The van der Waals surface area contributed by atoms with Gasteiger partial charge in [0, 0.05) is 24.5 Å². The Kier molecular flexibility index (Phi) is 5.90. The molecule has 0 spiro atoms. The maximum atomic E-state index is 12.1. The average molecular weight is 289 g/mol. The third-order valence-corrected chi connectivity index (χ3v) is 4.28. The zero-order chi connectivity index (χ0) is 14.2. The van der Waals surface area contributed by atoms with E-state index in [-0.39, 0.29) is 5.91 Å². The zero-order valence-corrected chi connectivity index (χ0v) is 12.2. The van der Waals surface area contributed by atoms with E-state index in [1.165, 1.54) is 24.3 Å². The molecule has 0 aliphatic carbocycles. The number of amides is 1. The minimum atomic E-state index is -0.0767. The highest BCUT2D eigenvalue weighted by molar-refractivity contribution is 7.99. The van der Waals surface area contributed by atoms with Crippen molar-refractivity contribution in [2.24, 2.45) is 11.7 Å². The summed E-state index contributed by atoms with van der Waals surface area (Å²) in [5.41, 5.74) is 6.60. The Labute approximate surface area is 123 Å². The minimum Gasteiger partial charge on any atom is -0.352 e. The molecule has 20 heavy (non-hydrogen) atoms. The van der Waals surface area contributed by atoms with Gasteiger partial charge in [-0.25, -0.2) is 0 Å². The Hall–Kier alpha value is -1.51. The van der Waals surface area contributed by atoms with E-state index in [9.17, 15) is 4.79 Å². The molecule has 0 unspecified atom stereocenters. The second-order valence-electron chi connectivity index (χ2n) is 4.73. The number of hydrogen-bond acceptors (Lipinski definition) is 4. The van der Waals surface area contributed by atoms with Crippen LogP contribution in [0.2, 0.25) is 0 Å². The number of pyridine rings is 1. The van der Waals surface area contributed by atoms with Crippen LogP contribution in [0.5, 0.6) is 0 Å². The fourth-order valence-corrected chi connectivity index (χ4v) is 3.28. The molecule has 5 heteroatoms. The Bertz CT molecular complexity index is 515. The largest absolute Gasteiger partial charge is 0.352 e. The molecule has 4 nitrogen and oxygen atoms in total. The first-order valence-corrected chi connectivity index (χ1v) is 7.95. The number of carbonyl (C=O) groups excluding carboxylic acids is 1. The zero-order valence-electron chi connectivity index (χ0n) is 11.4. The summed E-state index contributed by atoms with van der Waals surface area (Å²) in [5, 5.41) is 2.99. The molecule has 3 N–H and O–H groups in total. The van der Waals surface area contributed by atoms with Crippen molar-refractivity contribution in [3.63, 3.8) is 0 Å². The van der Waals surface area contributed by atoms with Crippen LogP contribution in [-0.2, 0) is 0 Å². The normalized spacial score (nSPS) is 15.2. The van der Waals surface area contributed by atoms with Crippen molar-refractivity contribution in [3.8, 4) is 11.8 Å². The maximum absolute atomic E-state index is 12.1. The van der Waals surface area contributed by atoms with Gasteiger partial charge in [-0.1, -0.05) is 11.8 Å². The van der Waals surface area contributed by atoms with Gasteiger partial charge in [0.1, 0.15) is 0 Å². The monoisotopic (exact) mass is 289 g/mol. The molecule has 0 radical (unpaired) electrons. The summed E-state index contributed by atoms with van der Waals surface area (Å²) >= 11 is 1.99. The highest BCUT2D eigenvalue weighted by atomic mass is 32.2. The Morgan fingerprint density at radius 1 is 1.45 bits per heavy atom. The predicted molar refractivity (Wildman–Crippen MR) is 82.6 cm³/mol. The van der Waals surface area contributed by atoms with Gasteiger partial charge in [-0.3, -0.25) is 9.78 Å². The quantitative estimate of drug-likeness (QED) is 0.822. The van der Waals surface area contributed by atoms with Gasteiger partial charge in [-0.2, -0.15) is 11.8 Å². The molecular formula is C15H19N3OS. The number of aromatic nitrogens is 1. The highest BCUT2D eigenvalue weighted by Gasteiger charge is 2.15. The number of nitrogens with two attached hydrogens (primary N) is 1. The van der Waals surface area contributed by atoms with Crippen LogP contribution in [0.4, 0.5) is 0 Å². The number of thioether (sulfide) groups is 1. The molecule has 0 saturated carbocycles. The lowest BCUT2D eigenvalue weighted by Crippen LogP contribution is -2.31. The van der Waals surface area contributed by atoms with Crippen molar-refractivity contribution in [2.45, 2.75) is 12.8 Å². The summed E-state index contributed by atoms with van der Waals surface area (Å²) in [7, 11) is 0. The van der Waals surface area contributed by atoms with Crippen molar-refractivity contribution < 1.29 is 4.79 Å². The number of rotatable bonds is 3. The van der Waals surface area contributed by atoms with Crippen molar-refractivity contribution in [3.05, 3.63) is 29.6 Å². The first kappa shape index (κ1) is 14.9. The molecular weight excluding hydrogens is 270 g/mol. The highest BCUT2D eigenvalue weighted by Crippen LogP contribution is 2.21. The smallest absolute Gasteiger partial charge is 0.252 e. The standard InChI is InChI=1S/C15H19N3OS/c16-5-1-2-13-8-14(11-17-9-13)15(19)18-10-12-3-6-20-7-4-12/h8-9,11-12H,3-7,10,16H2,(H,18,19). The van der Waals surface area contributed by atoms with E-state index in [1.807, 2.05) is 11.8 Å². The number of hydrogen-bond donors (Lipinski definition) is 2. The van der Waals surface area contributed by atoms with Gasteiger partial charge in [-0.05, 0) is 36.3 Å². The molecule has 2 heterocycles. The second-order valence-corrected chi connectivity index (χ2v) is 5.96. The molecule has 1 amide bonds. The van der Waals surface area contributed by atoms with E-state index in [0.29, 0.717) is 18.0 Å². The van der Waals surface area contributed by atoms with Crippen molar-refractivity contribution in [2.75, 3.05) is 24.6 Å². The lowest BCUT2D eigenvalue weighted by Gasteiger charge is -2.21. The Morgan fingerprint density at radius 2 is 2.25 bits per heavy atom. The first-order chi connectivity index (χ1) is 9.79. The van der Waals surface area contributed by atoms with Crippen LogP contribution in [0.1, 0.15) is 28.8 Å². The average Bonchev–Trinajstić information content (AvgIpc) is 2.52. The molecule has 0 atom stereocenters. The fraction of sp³-hybridized carbons (Fsp3) is 0.467. The van der Waals surface area contributed by atoms with Crippen LogP contribution in [-0.4, -0.2) is 35.5 Å². The van der Waals surface area contributed by atoms with Gasteiger partial charge in [0.2, 0.25) is 0 Å². The molecule has 0 bridgehead atoms. The van der Waals surface area contributed by atoms with Crippen LogP contribution in [0, 0.1) is 17.8 Å². The van der Waals surface area contributed by atoms with Gasteiger partial charge in [0.15, 0.2) is 0 Å². The fourth-order valence-electron chi connectivity index (χ4n) is 2.08. The molecule has 106 valence electrons. The lowest BCUT2D eigenvalue weighted by molar-refractivity contribution is 0.0946. The number of nitrogens with zero attached hydrogens (tertiary/aromatic N) is 1. The summed E-state index contributed by atoms with van der Waals surface area (Å²) < 4.78 is 0. The van der Waals surface area contributed by atoms with Crippen LogP contribution in [0.25, 0.3) is 0 Å². The summed E-state index contributed by atoms with van der Waals surface area (Å²) in [6.45, 7) is 1.05. The maximum Gasteiger partial charge on any atom is 0.252 e. The van der Waals surface area contributed by atoms with E-state index in [0.717, 1.165) is 12.1 Å². The lowest BCUT2D eigenvalue weighted by atomic mass is 10.0. The summed E-state index contributed by atoms with van der Waals surface area (Å²) in [6.07, 6.45) is 5.58. The molecule has 1 aromatic heterocycles. The second kappa shape index (κ2) is 7.93. The summed E-state index contributed by atoms with van der Waals surface area (Å²) in [4.78, 5) is 16.1. The van der Waals surface area contributed by atoms with E-state index in [4.69, 9.17) is 5.73 Å². The summed E-state index contributed by atoms with van der Waals surface area (Å²) in [6, 6.07) is 1.75. The minimum absolute atomic E-state index is 0.0767. The molecule has 1 aromatic rings. The Morgan fingerprint density at radius 3 is 3.00 bits per heavy atom. The van der Waals surface area contributed by atoms with Crippen LogP contribution in [0.15, 0.2) is 18.5 Å². The predicted octanol–water partition coefficient (Wildman–Crippen LogP) is 1.26. The van der Waals surface area contributed by atoms with E-state index in [2.05, 4.69) is 22.1 Å². The van der Waals surface area contributed by atoms with Crippen molar-refractivity contribution in [1.29, 1.82) is 0 Å². The Balaban J connectivity index is 1.91. The number of carbonyl (C=O) groups is 1. The number of nitrogens with one attached hydrogen (secondary N) is 1. The van der Waals surface area contributed by atoms with Crippen molar-refractivity contribution >= 4 is 17.7 Å². The topological polar surface area (TPSA) is 68.0 Å². The summed E-state index contributed by atoms with van der Waals surface area (Å²) in [5.74, 6) is 8.57. The third-order valence-electron chi connectivity index (χ3n) is 3.23. The van der Waals surface area contributed by atoms with Gasteiger partial charge in [-0.15, -0.1) is 0 Å². The SMILES string of the molecule is NCC#Cc1cncc(C(=O)NCC2CCSCC2)c1. The van der Waals surface area contributed by atoms with Crippen LogP contribution in [0.3, 0.4) is 0 Å². The van der Waals surface area contributed by atoms with Crippen LogP contribution < -0.4 is 11.1 Å². The molecule has 1 aliphatic heterocycles. The van der Waals surface area contributed by atoms with Gasteiger partial charge >= 0.3 is 0 Å². The first-order valence-electron chi connectivity index (χ1n) is 6.79. The molecule has 1 saturated heterocycles. The molecule has 0 aromatic carbocycles. The van der Waals surface area contributed by atoms with Gasteiger partial charge < -0.3 is 11.1 Å².